The number of amides is 2. The Morgan fingerprint density at radius 2 is 2.00 bits per heavy atom. The molecule has 2 amide bonds. The number of carbonyl (C=O) groups excluding carboxylic acids is 2. The molecule has 0 spiro atoms. The van der Waals surface area contributed by atoms with Crippen molar-refractivity contribution in [3.63, 3.8) is 0 Å². The van der Waals surface area contributed by atoms with Crippen molar-refractivity contribution in [3.8, 4) is 0 Å². The predicted molar refractivity (Wildman–Crippen MR) is 63.9 cm³/mol. The van der Waals surface area contributed by atoms with Crippen LogP contribution in [0, 0.1) is 0 Å². The van der Waals surface area contributed by atoms with Crippen molar-refractivity contribution in [3.05, 3.63) is 0 Å². The van der Waals surface area contributed by atoms with Gasteiger partial charge in [0.1, 0.15) is 5.66 Å². The second-order valence-corrected chi connectivity index (χ2v) is 5.19. The lowest BCUT2D eigenvalue weighted by molar-refractivity contribution is -0.123. The van der Waals surface area contributed by atoms with Crippen molar-refractivity contribution in [1.82, 2.24) is 10.6 Å². The molecule has 2 heterocycles. The van der Waals surface area contributed by atoms with Crippen LogP contribution < -0.4 is 16.4 Å². The molecule has 4 N–H and O–H groups in total. The first-order chi connectivity index (χ1) is 8.04. The van der Waals surface area contributed by atoms with Crippen LogP contribution in [-0.2, 0) is 9.59 Å². The summed E-state index contributed by atoms with van der Waals surface area (Å²) in [7, 11) is 0. The number of carbonyl (C=O) groups is 2. The van der Waals surface area contributed by atoms with Crippen LogP contribution in [-0.4, -0.2) is 23.0 Å². The van der Waals surface area contributed by atoms with Crippen molar-refractivity contribution in [1.29, 1.82) is 0 Å². The van der Waals surface area contributed by atoms with E-state index >= 15 is 0 Å². The Morgan fingerprint density at radius 1 is 1.29 bits per heavy atom. The molecule has 2 fully saturated rings. The quantitative estimate of drug-likeness (QED) is 0.619. The van der Waals surface area contributed by atoms with Gasteiger partial charge in [-0.15, -0.1) is 0 Å². The number of hydrogen-bond acceptors (Lipinski definition) is 3. The van der Waals surface area contributed by atoms with E-state index in [2.05, 4.69) is 17.6 Å². The second kappa shape index (κ2) is 4.29. The topological polar surface area (TPSA) is 94.1 Å². The second-order valence-electron chi connectivity index (χ2n) is 5.19. The number of nitrogens with one attached hydrogen (secondary N) is 2. The zero-order valence-corrected chi connectivity index (χ0v) is 10.3. The summed E-state index contributed by atoms with van der Waals surface area (Å²) in [6.07, 6.45) is 5.58. The summed E-state index contributed by atoms with van der Waals surface area (Å²) in [5.41, 5.74) is 4.70. The van der Waals surface area contributed by atoms with Gasteiger partial charge in [-0.2, -0.15) is 0 Å². The molecule has 5 heteroatoms. The fourth-order valence-corrected chi connectivity index (χ4v) is 2.70. The van der Waals surface area contributed by atoms with Gasteiger partial charge in [0.05, 0.1) is 0 Å². The van der Waals surface area contributed by atoms with Crippen LogP contribution in [0.4, 0.5) is 0 Å². The van der Waals surface area contributed by atoms with Gasteiger partial charge in [0.15, 0.2) is 5.54 Å². The molecule has 5 nitrogen and oxygen atoms in total. The molecule has 2 saturated heterocycles. The van der Waals surface area contributed by atoms with Gasteiger partial charge >= 0.3 is 0 Å². The monoisotopic (exact) mass is 239 g/mol. The maximum Gasteiger partial charge on any atom is 0.250 e. The average molecular weight is 239 g/mol. The van der Waals surface area contributed by atoms with Crippen LogP contribution in [0.25, 0.3) is 0 Å². The largest absolute Gasteiger partial charge is 0.336 e. The Kier molecular flexibility index (Phi) is 3.12. The van der Waals surface area contributed by atoms with Crippen LogP contribution in [0.15, 0.2) is 0 Å². The lowest BCUT2D eigenvalue weighted by Gasteiger charge is -2.34. The molecule has 2 aliphatic heterocycles. The highest BCUT2D eigenvalue weighted by Crippen LogP contribution is 2.38. The number of hydrogen-bond donors (Lipinski definition) is 3. The maximum absolute atomic E-state index is 11.7. The highest BCUT2D eigenvalue weighted by molar-refractivity contribution is 6.04. The number of rotatable bonds is 4. The number of unbranched alkanes of at least 4 members (excludes halogenated alkanes) is 1. The molecule has 0 aromatic carbocycles. The highest BCUT2D eigenvalue weighted by atomic mass is 16.2. The first kappa shape index (κ1) is 12.4. The SMILES string of the molecule is CCCCC1(C2(N)CCCCC(=O)N2)NC1=O. The normalized spacial score (nSPS) is 37.1. The predicted octanol–water partition coefficient (Wildman–Crippen LogP) is 0.390. The minimum atomic E-state index is -0.896. The van der Waals surface area contributed by atoms with E-state index in [1.165, 1.54) is 0 Å². The third-order valence-corrected chi connectivity index (χ3v) is 3.91. The molecule has 2 unspecified atom stereocenters. The van der Waals surface area contributed by atoms with E-state index in [-0.39, 0.29) is 11.8 Å². The van der Waals surface area contributed by atoms with Crippen molar-refractivity contribution < 1.29 is 9.59 Å². The molecule has 17 heavy (non-hydrogen) atoms. The molecule has 0 saturated carbocycles. The Morgan fingerprint density at radius 3 is 2.59 bits per heavy atom. The smallest absolute Gasteiger partial charge is 0.250 e. The van der Waals surface area contributed by atoms with Crippen LogP contribution >= 0.6 is 0 Å². The van der Waals surface area contributed by atoms with E-state index in [0.29, 0.717) is 19.3 Å². The van der Waals surface area contributed by atoms with Crippen molar-refractivity contribution in [2.24, 2.45) is 5.73 Å². The zero-order chi connectivity index (χ0) is 12.5. The molecular weight excluding hydrogens is 218 g/mol. The van der Waals surface area contributed by atoms with Crippen molar-refractivity contribution >= 4 is 11.8 Å². The van der Waals surface area contributed by atoms with E-state index < -0.39 is 11.2 Å². The van der Waals surface area contributed by atoms with Gasteiger partial charge in [-0.1, -0.05) is 19.8 Å². The maximum atomic E-state index is 11.7. The molecule has 0 bridgehead atoms. The summed E-state index contributed by atoms with van der Waals surface area (Å²) in [5, 5.41) is 5.71. The standard InChI is InChI=1S/C12H21N3O2/c1-2-3-7-11(10(17)15-11)12(13)8-5-4-6-9(16)14-12/h2-8,13H2,1H3,(H,14,16)(H,15,17). The minimum Gasteiger partial charge on any atom is -0.336 e. The summed E-state index contributed by atoms with van der Waals surface area (Å²) in [5.74, 6) is -0.0574. The summed E-state index contributed by atoms with van der Waals surface area (Å²) >= 11 is 0. The first-order valence-electron chi connectivity index (χ1n) is 6.46. The van der Waals surface area contributed by atoms with Crippen LogP contribution in [0.1, 0.15) is 51.9 Å². The zero-order valence-electron chi connectivity index (χ0n) is 10.3. The molecule has 0 radical (unpaired) electrons. The van der Waals surface area contributed by atoms with E-state index in [1.807, 2.05) is 0 Å². The van der Waals surface area contributed by atoms with Gasteiger partial charge in [0, 0.05) is 6.42 Å². The average Bonchev–Trinajstić information content (AvgIpc) is 2.97. The van der Waals surface area contributed by atoms with Crippen molar-refractivity contribution in [2.45, 2.75) is 63.1 Å². The van der Waals surface area contributed by atoms with E-state index in [9.17, 15) is 9.59 Å². The van der Waals surface area contributed by atoms with Gasteiger partial charge in [-0.25, -0.2) is 0 Å². The van der Waals surface area contributed by atoms with Gasteiger partial charge in [0.25, 0.3) is 5.91 Å². The third kappa shape index (κ3) is 2.04. The Bertz CT molecular complexity index is 345. The Balaban J connectivity index is 2.16. The molecule has 2 atom stereocenters. The Labute approximate surface area is 102 Å². The summed E-state index contributed by atoms with van der Waals surface area (Å²) in [6.45, 7) is 2.08. The van der Waals surface area contributed by atoms with E-state index in [0.717, 1.165) is 25.7 Å². The van der Waals surface area contributed by atoms with Crippen molar-refractivity contribution in [2.75, 3.05) is 0 Å². The van der Waals surface area contributed by atoms with E-state index in [1.54, 1.807) is 0 Å². The summed E-state index contributed by atoms with van der Waals surface area (Å²) < 4.78 is 0. The summed E-state index contributed by atoms with van der Waals surface area (Å²) in [4.78, 5) is 23.3. The van der Waals surface area contributed by atoms with Gasteiger partial charge in [-0.3, -0.25) is 9.59 Å². The van der Waals surface area contributed by atoms with Gasteiger partial charge in [0.2, 0.25) is 5.91 Å². The lowest BCUT2D eigenvalue weighted by atomic mass is 9.84. The molecule has 2 aliphatic rings. The Hall–Kier alpha value is -1.10. The van der Waals surface area contributed by atoms with Crippen LogP contribution in [0.3, 0.4) is 0 Å². The van der Waals surface area contributed by atoms with Gasteiger partial charge in [-0.05, 0) is 25.7 Å². The van der Waals surface area contributed by atoms with Gasteiger partial charge < -0.3 is 16.4 Å². The third-order valence-electron chi connectivity index (χ3n) is 3.91. The first-order valence-corrected chi connectivity index (χ1v) is 6.46. The molecule has 0 aromatic heterocycles. The fourth-order valence-electron chi connectivity index (χ4n) is 2.70. The summed E-state index contributed by atoms with van der Waals surface area (Å²) in [6, 6.07) is 0. The highest BCUT2D eigenvalue weighted by Gasteiger charge is 2.65. The number of nitrogens with two attached hydrogens (primary N) is 1. The van der Waals surface area contributed by atoms with Crippen LogP contribution in [0.2, 0.25) is 0 Å². The molecule has 0 aliphatic carbocycles. The van der Waals surface area contributed by atoms with E-state index in [4.69, 9.17) is 5.73 Å². The molecular formula is C12H21N3O2. The van der Waals surface area contributed by atoms with Crippen LogP contribution in [0.5, 0.6) is 0 Å². The molecule has 0 aromatic rings. The lowest BCUT2D eigenvalue weighted by Crippen LogP contribution is -2.66. The molecule has 96 valence electrons. The fraction of sp³-hybridized carbons (Fsp3) is 0.833. The minimum absolute atomic E-state index is 0.0179. The molecule has 2 rings (SSSR count).